The average Bonchev–Trinajstić information content (AvgIpc) is 2.95. The molecule has 0 aliphatic heterocycles. The number of aryl methyl sites for hydroxylation is 3. The fourth-order valence-electron chi connectivity index (χ4n) is 2.46. The number of thioether (sulfide) groups is 1. The molecule has 5 heteroatoms. The van der Waals surface area contributed by atoms with E-state index in [4.69, 9.17) is 4.74 Å². The Morgan fingerprint density at radius 1 is 0.960 bits per heavy atom. The first-order valence-electron chi connectivity index (χ1n) is 8.30. The molecule has 0 amide bonds. The first-order valence-corrected chi connectivity index (χ1v) is 9.29. The highest BCUT2D eigenvalue weighted by molar-refractivity contribution is 7.98. The maximum Gasteiger partial charge on any atom is 0.191 e. The van der Waals surface area contributed by atoms with Crippen LogP contribution in [0.15, 0.2) is 47.6 Å². The fourth-order valence-corrected chi connectivity index (χ4v) is 3.47. The summed E-state index contributed by atoms with van der Waals surface area (Å²) >= 11 is 1.70. The van der Waals surface area contributed by atoms with Crippen LogP contribution in [0.2, 0.25) is 0 Å². The highest BCUT2D eigenvalue weighted by Crippen LogP contribution is 2.23. The molecule has 0 unspecified atom stereocenters. The molecule has 0 fully saturated rings. The topological polar surface area (TPSA) is 39.9 Å². The van der Waals surface area contributed by atoms with Crippen LogP contribution in [-0.2, 0) is 19.4 Å². The zero-order valence-corrected chi connectivity index (χ0v) is 15.9. The van der Waals surface area contributed by atoms with E-state index in [1.807, 2.05) is 17.7 Å². The third-order valence-electron chi connectivity index (χ3n) is 4.39. The number of aromatic nitrogens is 3. The quantitative estimate of drug-likeness (QED) is 0.607. The molecule has 130 valence electrons. The monoisotopic (exact) mass is 353 g/mol. The molecule has 3 aromatic rings. The summed E-state index contributed by atoms with van der Waals surface area (Å²) in [4.78, 5) is 0. The summed E-state index contributed by atoms with van der Waals surface area (Å²) in [6.45, 7) is 6.73. The van der Waals surface area contributed by atoms with Crippen molar-refractivity contribution in [1.82, 2.24) is 14.8 Å². The van der Waals surface area contributed by atoms with Crippen molar-refractivity contribution in [1.29, 1.82) is 0 Å². The zero-order valence-electron chi connectivity index (χ0n) is 15.1. The molecule has 1 aromatic heterocycles. The normalized spacial score (nSPS) is 10.9. The summed E-state index contributed by atoms with van der Waals surface area (Å²) in [6, 6.07) is 14.5. The minimum atomic E-state index is 0.414. The molecule has 0 saturated carbocycles. The molecular formula is C20H23N3OS. The Kier molecular flexibility index (Phi) is 5.43. The molecule has 25 heavy (non-hydrogen) atoms. The number of rotatable bonds is 6. The summed E-state index contributed by atoms with van der Waals surface area (Å²) in [5.41, 5.74) is 5.12. The second kappa shape index (κ2) is 7.74. The van der Waals surface area contributed by atoms with E-state index in [2.05, 4.69) is 67.4 Å². The van der Waals surface area contributed by atoms with Crippen LogP contribution in [-0.4, -0.2) is 14.8 Å². The van der Waals surface area contributed by atoms with Gasteiger partial charge in [-0.2, -0.15) is 0 Å². The summed E-state index contributed by atoms with van der Waals surface area (Å²) in [6.07, 6.45) is 0. The molecule has 0 bridgehead atoms. The number of nitrogens with zero attached hydrogens (tertiary/aromatic N) is 3. The van der Waals surface area contributed by atoms with Crippen LogP contribution >= 0.6 is 11.8 Å². The summed E-state index contributed by atoms with van der Waals surface area (Å²) in [7, 11) is 1.99. The Morgan fingerprint density at radius 3 is 2.52 bits per heavy atom. The minimum absolute atomic E-state index is 0.414. The first kappa shape index (κ1) is 17.5. The van der Waals surface area contributed by atoms with Gasteiger partial charge in [-0.3, -0.25) is 0 Å². The van der Waals surface area contributed by atoms with Gasteiger partial charge in [0.1, 0.15) is 12.4 Å². The van der Waals surface area contributed by atoms with Crippen LogP contribution in [0.4, 0.5) is 0 Å². The lowest BCUT2D eigenvalue weighted by molar-refractivity contribution is 0.290. The van der Waals surface area contributed by atoms with Crippen LogP contribution in [0.5, 0.6) is 5.75 Å². The number of ether oxygens (including phenoxy) is 1. The molecule has 3 rings (SSSR count). The smallest absolute Gasteiger partial charge is 0.191 e. The lowest BCUT2D eigenvalue weighted by atomic mass is 10.1. The van der Waals surface area contributed by atoms with E-state index in [1.54, 1.807) is 11.8 Å². The van der Waals surface area contributed by atoms with Crippen LogP contribution in [0.1, 0.15) is 28.1 Å². The predicted octanol–water partition coefficient (Wildman–Crippen LogP) is 4.61. The van der Waals surface area contributed by atoms with Crippen molar-refractivity contribution in [2.75, 3.05) is 0 Å². The second-order valence-electron chi connectivity index (χ2n) is 6.21. The van der Waals surface area contributed by atoms with Crippen molar-refractivity contribution in [3.05, 3.63) is 70.5 Å². The van der Waals surface area contributed by atoms with E-state index in [-0.39, 0.29) is 0 Å². The standard InChI is InChI=1S/C20H23N3OS/c1-14-9-10-18(11-16(14)3)24-12-19-21-22-20(23(19)4)25-13-17-8-6-5-7-15(17)2/h5-11H,12-13H2,1-4H3. The van der Waals surface area contributed by atoms with Crippen LogP contribution < -0.4 is 4.74 Å². The Labute approximate surface area is 153 Å². The van der Waals surface area contributed by atoms with E-state index in [0.29, 0.717) is 6.61 Å². The maximum absolute atomic E-state index is 5.87. The van der Waals surface area contributed by atoms with Crippen molar-refractivity contribution in [2.45, 2.75) is 38.3 Å². The molecule has 0 aliphatic carbocycles. The van der Waals surface area contributed by atoms with Crippen molar-refractivity contribution < 1.29 is 4.74 Å². The van der Waals surface area contributed by atoms with E-state index >= 15 is 0 Å². The second-order valence-corrected chi connectivity index (χ2v) is 7.15. The van der Waals surface area contributed by atoms with Crippen molar-refractivity contribution in [2.24, 2.45) is 7.05 Å². The molecule has 0 N–H and O–H groups in total. The first-order chi connectivity index (χ1) is 12.0. The van der Waals surface area contributed by atoms with Gasteiger partial charge in [0.05, 0.1) is 0 Å². The highest BCUT2D eigenvalue weighted by atomic mass is 32.2. The van der Waals surface area contributed by atoms with E-state index in [0.717, 1.165) is 22.5 Å². The van der Waals surface area contributed by atoms with Gasteiger partial charge in [-0.1, -0.05) is 42.1 Å². The van der Waals surface area contributed by atoms with Crippen molar-refractivity contribution in [3.63, 3.8) is 0 Å². The van der Waals surface area contributed by atoms with Crippen LogP contribution in [0.25, 0.3) is 0 Å². The Morgan fingerprint density at radius 2 is 1.76 bits per heavy atom. The highest BCUT2D eigenvalue weighted by Gasteiger charge is 2.11. The van der Waals surface area contributed by atoms with Crippen LogP contribution in [0.3, 0.4) is 0 Å². The van der Waals surface area contributed by atoms with Gasteiger partial charge in [0.25, 0.3) is 0 Å². The SMILES string of the molecule is Cc1ccc(OCc2nnc(SCc3ccccc3C)n2C)cc1C. The largest absolute Gasteiger partial charge is 0.486 e. The third kappa shape index (κ3) is 4.23. The Bertz CT molecular complexity index is 873. The molecule has 2 aromatic carbocycles. The molecule has 0 radical (unpaired) electrons. The number of hydrogen-bond acceptors (Lipinski definition) is 4. The minimum Gasteiger partial charge on any atom is -0.486 e. The lowest BCUT2D eigenvalue weighted by Crippen LogP contribution is -2.04. The van der Waals surface area contributed by atoms with Gasteiger partial charge in [0, 0.05) is 12.8 Å². The third-order valence-corrected chi connectivity index (χ3v) is 5.46. The maximum atomic E-state index is 5.87. The zero-order chi connectivity index (χ0) is 17.8. The van der Waals surface area contributed by atoms with Gasteiger partial charge >= 0.3 is 0 Å². The molecular weight excluding hydrogens is 330 g/mol. The van der Waals surface area contributed by atoms with E-state index < -0.39 is 0 Å². The molecule has 0 aliphatic rings. The van der Waals surface area contributed by atoms with Crippen molar-refractivity contribution in [3.8, 4) is 5.75 Å². The molecule has 4 nitrogen and oxygen atoms in total. The fraction of sp³-hybridized carbons (Fsp3) is 0.300. The van der Waals surface area contributed by atoms with E-state index in [1.165, 1.54) is 22.3 Å². The van der Waals surface area contributed by atoms with Gasteiger partial charge in [0.15, 0.2) is 11.0 Å². The Balaban J connectivity index is 1.62. The molecule has 1 heterocycles. The molecule has 0 atom stereocenters. The lowest BCUT2D eigenvalue weighted by Gasteiger charge is -2.09. The van der Waals surface area contributed by atoms with Gasteiger partial charge in [-0.15, -0.1) is 10.2 Å². The average molecular weight is 353 g/mol. The molecule has 0 saturated heterocycles. The summed E-state index contributed by atoms with van der Waals surface area (Å²) < 4.78 is 7.88. The van der Waals surface area contributed by atoms with Gasteiger partial charge < -0.3 is 9.30 Å². The van der Waals surface area contributed by atoms with Crippen molar-refractivity contribution >= 4 is 11.8 Å². The van der Waals surface area contributed by atoms with Gasteiger partial charge in [0.2, 0.25) is 0 Å². The number of hydrogen-bond donors (Lipinski definition) is 0. The molecule has 0 spiro atoms. The predicted molar refractivity (Wildman–Crippen MR) is 102 cm³/mol. The Hall–Kier alpha value is -2.27. The number of benzene rings is 2. The summed E-state index contributed by atoms with van der Waals surface area (Å²) in [5, 5.41) is 9.48. The van der Waals surface area contributed by atoms with Gasteiger partial charge in [-0.25, -0.2) is 0 Å². The van der Waals surface area contributed by atoms with Gasteiger partial charge in [-0.05, 0) is 55.2 Å². The van der Waals surface area contributed by atoms with E-state index in [9.17, 15) is 0 Å². The van der Waals surface area contributed by atoms with Crippen LogP contribution in [0, 0.1) is 20.8 Å². The summed E-state index contributed by atoms with van der Waals surface area (Å²) in [5.74, 6) is 2.57.